The average Bonchev–Trinajstić information content (AvgIpc) is 3.18. The smallest absolute Gasteiger partial charge is 0.255 e. The third kappa shape index (κ3) is 9.34. The molecule has 0 radical (unpaired) electrons. The molecule has 4 aromatic rings. The minimum Gasteiger partial charge on any atom is -0.497 e. The summed E-state index contributed by atoms with van der Waals surface area (Å²) in [6, 6.07) is 20.8. The maximum Gasteiger partial charge on any atom is 0.255 e. The fourth-order valence-electron chi connectivity index (χ4n) is 5.91. The molecule has 276 valence electrons. The summed E-state index contributed by atoms with van der Waals surface area (Å²) >= 11 is 0. The van der Waals surface area contributed by atoms with E-state index in [0.717, 1.165) is 54.5 Å². The Morgan fingerprint density at radius 3 is 1.81 bits per heavy atom. The Bertz CT molecular complexity index is 1820. The largest absolute Gasteiger partial charge is 0.497 e. The van der Waals surface area contributed by atoms with Crippen LogP contribution in [0.3, 0.4) is 0 Å². The first-order valence-electron chi connectivity index (χ1n) is 17.3. The van der Waals surface area contributed by atoms with Crippen molar-refractivity contribution in [2.75, 3.05) is 61.2 Å². The first-order chi connectivity index (χ1) is 25.4. The summed E-state index contributed by atoms with van der Waals surface area (Å²) in [5.74, 6) is 4.88. The molecule has 5 rings (SSSR count). The standard InChI is InChI=1S/C41H48N2O9/c1-45-30-16-17-32-31(26-30)41(44)43-40(42-32)29-15-19-34(35(25-29)47-3)51-20-10-8-7-9-11-21-52-36-22-27(14-18-33(36)46-2)12-13-28-23-37(48-4)39(50-6)38(24-28)49-5/h12-19,22-26,40,42H,7-11,20-21H2,1-6H3,(H,43,44)/b13-12+. The third-order valence-electron chi connectivity index (χ3n) is 8.71. The van der Waals surface area contributed by atoms with Crippen molar-refractivity contribution in [3.63, 3.8) is 0 Å². The second-order valence-electron chi connectivity index (χ2n) is 12.0. The van der Waals surface area contributed by atoms with Crippen molar-refractivity contribution in [1.82, 2.24) is 5.32 Å². The molecule has 2 N–H and O–H groups in total. The van der Waals surface area contributed by atoms with Crippen molar-refractivity contribution < 1.29 is 42.7 Å². The quantitative estimate of drug-likeness (QED) is 0.0729. The van der Waals surface area contributed by atoms with E-state index in [1.54, 1.807) is 48.7 Å². The number of carbonyl (C=O) groups excluding carboxylic acids is 1. The van der Waals surface area contributed by atoms with Crippen molar-refractivity contribution in [2.24, 2.45) is 0 Å². The van der Waals surface area contributed by atoms with Gasteiger partial charge >= 0.3 is 0 Å². The highest BCUT2D eigenvalue weighted by Crippen LogP contribution is 2.39. The number of benzene rings is 4. The van der Waals surface area contributed by atoms with Crippen molar-refractivity contribution in [1.29, 1.82) is 0 Å². The number of fused-ring (bicyclic) bond motifs is 1. The van der Waals surface area contributed by atoms with Crippen LogP contribution in [-0.4, -0.2) is 61.8 Å². The zero-order valence-corrected chi connectivity index (χ0v) is 30.7. The molecule has 0 fully saturated rings. The number of hydrogen-bond acceptors (Lipinski definition) is 10. The van der Waals surface area contributed by atoms with Gasteiger partial charge in [0, 0.05) is 5.69 Å². The van der Waals surface area contributed by atoms with E-state index in [0.29, 0.717) is 64.8 Å². The highest BCUT2D eigenvalue weighted by atomic mass is 16.5. The Balaban J connectivity index is 1.04. The van der Waals surface area contributed by atoms with E-state index in [2.05, 4.69) is 10.6 Å². The number of carbonyl (C=O) groups is 1. The predicted molar refractivity (Wildman–Crippen MR) is 202 cm³/mol. The highest BCUT2D eigenvalue weighted by Gasteiger charge is 2.26. The number of unbranched alkanes of at least 4 members (excludes halogenated alkanes) is 4. The number of ether oxygens (including phenoxy) is 8. The number of methoxy groups -OCH3 is 6. The molecule has 0 bridgehead atoms. The van der Waals surface area contributed by atoms with Crippen LogP contribution in [0.15, 0.2) is 66.7 Å². The number of anilines is 1. The minimum absolute atomic E-state index is 0.171. The van der Waals surface area contributed by atoms with E-state index in [-0.39, 0.29) is 5.91 Å². The summed E-state index contributed by atoms with van der Waals surface area (Å²) in [6.45, 7) is 1.17. The molecule has 0 saturated carbocycles. The minimum atomic E-state index is -0.401. The third-order valence-corrected chi connectivity index (χ3v) is 8.71. The second-order valence-corrected chi connectivity index (χ2v) is 12.0. The average molecular weight is 713 g/mol. The molecule has 1 unspecified atom stereocenters. The lowest BCUT2D eigenvalue weighted by molar-refractivity contribution is 0.0935. The van der Waals surface area contributed by atoms with Crippen LogP contribution in [0.4, 0.5) is 5.69 Å². The van der Waals surface area contributed by atoms with E-state index >= 15 is 0 Å². The Labute approximate surface area is 305 Å². The number of amides is 1. The van der Waals surface area contributed by atoms with Gasteiger partial charge in [-0.15, -0.1) is 0 Å². The first-order valence-corrected chi connectivity index (χ1v) is 17.3. The molecular formula is C41H48N2O9. The molecule has 52 heavy (non-hydrogen) atoms. The summed E-state index contributed by atoms with van der Waals surface area (Å²) in [6.07, 6.45) is 8.57. The molecule has 1 aliphatic rings. The molecule has 1 heterocycles. The fourth-order valence-corrected chi connectivity index (χ4v) is 5.91. The van der Waals surface area contributed by atoms with Gasteiger partial charge in [0.25, 0.3) is 5.91 Å². The first kappa shape index (κ1) is 37.5. The van der Waals surface area contributed by atoms with Gasteiger partial charge in [-0.3, -0.25) is 4.79 Å². The Morgan fingerprint density at radius 1 is 0.538 bits per heavy atom. The monoisotopic (exact) mass is 712 g/mol. The van der Waals surface area contributed by atoms with Crippen LogP contribution in [0, 0.1) is 0 Å². The summed E-state index contributed by atoms with van der Waals surface area (Å²) in [7, 11) is 9.62. The van der Waals surface area contributed by atoms with Gasteiger partial charge in [0.05, 0.1) is 61.4 Å². The van der Waals surface area contributed by atoms with Crippen LogP contribution in [0.5, 0.6) is 46.0 Å². The Morgan fingerprint density at radius 2 is 1.15 bits per heavy atom. The number of hydrogen-bond donors (Lipinski definition) is 2. The van der Waals surface area contributed by atoms with Crippen LogP contribution in [-0.2, 0) is 0 Å². The van der Waals surface area contributed by atoms with Crippen LogP contribution in [0.1, 0.15) is 65.3 Å². The fraction of sp³-hybridized carbons (Fsp3) is 0.341. The van der Waals surface area contributed by atoms with Gasteiger partial charge in [-0.1, -0.05) is 43.5 Å². The lowest BCUT2D eigenvalue weighted by Crippen LogP contribution is -2.38. The number of rotatable bonds is 19. The van der Waals surface area contributed by atoms with Crippen molar-refractivity contribution >= 4 is 23.7 Å². The molecule has 1 amide bonds. The SMILES string of the molecule is COc1ccc2c(c1)C(=O)NC(c1ccc(OCCCCCCCOc3cc(/C=C/c4cc(OC)c(OC)c(OC)c4)ccc3OC)c(OC)c1)N2. The van der Waals surface area contributed by atoms with Crippen molar-refractivity contribution in [3.05, 3.63) is 89.0 Å². The maximum atomic E-state index is 12.8. The van der Waals surface area contributed by atoms with E-state index in [1.807, 2.05) is 72.8 Å². The summed E-state index contributed by atoms with van der Waals surface area (Å²) in [5.41, 5.74) is 4.03. The molecule has 1 aliphatic heterocycles. The Kier molecular flexibility index (Phi) is 13.4. The van der Waals surface area contributed by atoms with Crippen molar-refractivity contribution in [3.8, 4) is 46.0 Å². The van der Waals surface area contributed by atoms with Gasteiger partial charge in [0.15, 0.2) is 34.5 Å². The van der Waals surface area contributed by atoms with E-state index in [1.165, 1.54) is 0 Å². The van der Waals surface area contributed by atoms with Gasteiger partial charge < -0.3 is 48.5 Å². The van der Waals surface area contributed by atoms with Gasteiger partial charge in [-0.05, 0) is 84.1 Å². The zero-order valence-electron chi connectivity index (χ0n) is 30.7. The normalized spacial score (nSPS) is 13.4. The summed E-state index contributed by atoms with van der Waals surface area (Å²) in [5, 5.41) is 6.37. The lowest BCUT2D eigenvalue weighted by atomic mass is 10.0. The summed E-state index contributed by atoms with van der Waals surface area (Å²) < 4.78 is 45.0. The molecule has 1 atom stereocenters. The van der Waals surface area contributed by atoms with Gasteiger partial charge in [-0.25, -0.2) is 0 Å². The highest BCUT2D eigenvalue weighted by molar-refractivity contribution is 6.02. The number of nitrogens with one attached hydrogen (secondary N) is 2. The molecule has 4 aromatic carbocycles. The molecule has 11 nitrogen and oxygen atoms in total. The van der Waals surface area contributed by atoms with Gasteiger partial charge in [-0.2, -0.15) is 0 Å². The molecule has 0 aliphatic carbocycles. The van der Waals surface area contributed by atoms with Crippen LogP contribution < -0.4 is 48.5 Å². The van der Waals surface area contributed by atoms with E-state index in [4.69, 9.17) is 37.9 Å². The maximum absolute atomic E-state index is 12.8. The van der Waals surface area contributed by atoms with Crippen LogP contribution >= 0.6 is 0 Å². The predicted octanol–water partition coefficient (Wildman–Crippen LogP) is 8.17. The van der Waals surface area contributed by atoms with E-state index in [9.17, 15) is 4.79 Å². The molecule has 11 heteroatoms. The second kappa shape index (κ2) is 18.5. The molecule has 0 saturated heterocycles. The topological polar surface area (TPSA) is 115 Å². The molecule has 0 spiro atoms. The molecular weight excluding hydrogens is 664 g/mol. The van der Waals surface area contributed by atoms with Gasteiger partial charge in [0.1, 0.15) is 11.9 Å². The summed E-state index contributed by atoms with van der Waals surface area (Å²) in [4.78, 5) is 12.8. The molecule has 0 aromatic heterocycles. The van der Waals surface area contributed by atoms with E-state index < -0.39 is 6.17 Å². The van der Waals surface area contributed by atoms with Crippen molar-refractivity contribution in [2.45, 2.75) is 38.3 Å². The zero-order chi connectivity index (χ0) is 36.9. The van der Waals surface area contributed by atoms with Crippen LogP contribution in [0.25, 0.3) is 12.2 Å². The van der Waals surface area contributed by atoms with Crippen LogP contribution in [0.2, 0.25) is 0 Å². The van der Waals surface area contributed by atoms with Gasteiger partial charge in [0.2, 0.25) is 5.75 Å². The lowest BCUT2D eigenvalue weighted by Gasteiger charge is -2.28. The Hall–Kier alpha value is -5.71.